The number of carboxylic acid groups (broad SMARTS) is 4. The number of hydrogen-bond donors (Lipinski definition) is 4. The highest BCUT2D eigenvalue weighted by molar-refractivity contribution is 5.82. The number of benzene rings is 2. The van der Waals surface area contributed by atoms with Gasteiger partial charge in [0.15, 0.2) is 0 Å². The molecule has 0 aliphatic heterocycles. The second kappa shape index (κ2) is 13.1. The maximum absolute atomic E-state index is 14.2. The molecule has 0 radical (unpaired) electrons. The summed E-state index contributed by atoms with van der Waals surface area (Å²) in [6.07, 6.45) is 0. The van der Waals surface area contributed by atoms with Crippen molar-refractivity contribution in [2.45, 2.75) is 13.8 Å². The van der Waals surface area contributed by atoms with Crippen LogP contribution in [0.3, 0.4) is 0 Å². The molecule has 0 aliphatic carbocycles. The van der Waals surface area contributed by atoms with Crippen molar-refractivity contribution in [1.82, 2.24) is 0 Å². The zero-order chi connectivity index (χ0) is 28.6. The van der Waals surface area contributed by atoms with Crippen molar-refractivity contribution in [3.63, 3.8) is 0 Å². The lowest BCUT2D eigenvalue weighted by molar-refractivity contribution is -0.138. The number of carbonyl (C=O) groups is 4. The van der Waals surface area contributed by atoms with Crippen molar-refractivity contribution >= 4 is 35.3 Å². The Balaban J connectivity index is 2.28. The smallest absolute Gasteiger partial charge is 0.323 e. The van der Waals surface area contributed by atoms with Crippen LogP contribution >= 0.6 is 0 Å². The molecule has 0 saturated carbocycles. The van der Waals surface area contributed by atoms with E-state index in [-0.39, 0.29) is 47.2 Å². The third kappa shape index (κ3) is 8.50. The monoisotopic (exact) mass is 540 g/mol. The first kappa shape index (κ1) is 29.6. The van der Waals surface area contributed by atoms with Crippen LogP contribution in [0, 0.1) is 25.5 Å². The van der Waals surface area contributed by atoms with Gasteiger partial charge in [-0.05, 0) is 37.1 Å². The van der Waals surface area contributed by atoms with Gasteiger partial charge in [-0.3, -0.25) is 19.2 Å². The lowest BCUT2D eigenvalue weighted by Gasteiger charge is -2.25. The summed E-state index contributed by atoms with van der Waals surface area (Å²) in [5, 5.41) is 36.6. The summed E-state index contributed by atoms with van der Waals surface area (Å²) in [6, 6.07) is 4.39. The minimum absolute atomic E-state index is 0.00450. The van der Waals surface area contributed by atoms with Gasteiger partial charge in [-0.15, -0.1) is 0 Å². The molecule has 0 bridgehead atoms. The molecule has 0 heterocycles. The molecule has 0 unspecified atom stereocenters. The Kier molecular flexibility index (Phi) is 10.2. The van der Waals surface area contributed by atoms with Gasteiger partial charge in [0, 0.05) is 12.1 Å². The summed E-state index contributed by atoms with van der Waals surface area (Å²) < 4.78 is 39.6. The van der Waals surface area contributed by atoms with Crippen LogP contribution < -0.4 is 19.3 Å². The molecule has 0 saturated heterocycles. The molecule has 0 spiro atoms. The fraction of sp³-hybridized carbons (Fsp3) is 0.333. The van der Waals surface area contributed by atoms with E-state index in [0.717, 1.165) is 21.9 Å². The summed E-state index contributed by atoms with van der Waals surface area (Å²) in [4.78, 5) is 46.9. The van der Waals surface area contributed by atoms with Crippen LogP contribution in [0.4, 0.5) is 20.2 Å². The topological polar surface area (TPSA) is 174 Å². The van der Waals surface area contributed by atoms with E-state index in [0.29, 0.717) is 0 Å². The Morgan fingerprint density at radius 2 is 0.921 bits per heavy atom. The summed E-state index contributed by atoms with van der Waals surface area (Å²) >= 11 is 0. The summed E-state index contributed by atoms with van der Waals surface area (Å²) in [5.41, 5.74) is 0.233. The zero-order valence-corrected chi connectivity index (χ0v) is 20.4. The highest BCUT2D eigenvalue weighted by Gasteiger charge is 2.22. The molecule has 0 aliphatic rings. The SMILES string of the molecule is Cc1cc(N(CC(=O)O)CC(=O)O)c(OCCOc2cc(F)c(C)cc2N(CC(=O)O)CC(=O)O)cc1F. The first-order valence-electron chi connectivity index (χ1n) is 11.0. The minimum Gasteiger partial charge on any atom is -0.488 e. The molecule has 0 atom stereocenters. The molecule has 2 rings (SSSR count). The highest BCUT2D eigenvalue weighted by Crippen LogP contribution is 2.33. The number of nitrogens with zero attached hydrogens (tertiary/aromatic N) is 2. The Morgan fingerprint density at radius 1 is 0.632 bits per heavy atom. The predicted molar refractivity (Wildman–Crippen MR) is 128 cm³/mol. The van der Waals surface area contributed by atoms with E-state index in [1.807, 2.05) is 0 Å². The molecule has 206 valence electrons. The minimum atomic E-state index is -1.33. The molecule has 4 N–H and O–H groups in total. The van der Waals surface area contributed by atoms with E-state index >= 15 is 0 Å². The van der Waals surface area contributed by atoms with Crippen molar-refractivity contribution in [1.29, 1.82) is 0 Å². The molecule has 2 aromatic rings. The number of hydrogen-bond acceptors (Lipinski definition) is 8. The fourth-order valence-electron chi connectivity index (χ4n) is 3.43. The van der Waals surface area contributed by atoms with Crippen LogP contribution in [-0.2, 0) is 19.2 Å². The third-order valence-electron chi connectivity index (χ3n) is 5.06. The van der Waals surface area contributed by atoms with E-state index in [4.69, 9.17) is 29.9 Å². The van der Waals surface area contributed by atoms with Crippen molar-refractivity contribution in [3.8, 4) is 11.5 Å². The number of anilines is 2. The molecule has 12 nitrogen and oxygen atoms in total. The van der Waals surface area contributed by atoms with Crippen molar-refractivity contribution < 1.29 is 57.9 Å². The van der Waals surface area contributed by atoms with E-state index in [1.54, 1.807) is 0 Å². The van der Waals surface area contributed by atoms with Crippen molar-refractivity contribution in [3.05, 3.63) is 47.0 Å². The van der Waals surface area contributed by atoms with E-state index in [9.17, 15) is 28.0 Å². The van der Waals surface area contributed by atoms with Gasteiger partial charge in [-0.1, -0.05) is 0 Å². The standard InChI is InChI=1S/C24H26F2N2O10/c1-13-5-17(27(9-21(29)30)10-22(31)32)19(7-15(13)25)37-3-4-38-20-8-16(26)14(2)6-18(20)28(11-23(33)34)12-24(35)36/h5-8H,3-4,9-12H2,1-2H3,(H,29,30)(H,31,32)(H,33,34)(H,35,36). The second-order valence-corrected chi connectivity index (χ2v) is 8.12. The van der Waals surface area contributed by atoms with Gasteiger partial charge in [-0.2, -0.15) is 0 Å². The van der Waals surface area contributed by atoms with E-state index in [2.05, 4.69) is 0 Å². The van der Waals surface area contributed by atoms with Gasteiger partial charge in [-0.25, -0.2) is 8.78 Å². The molecule has 2 aromatic carbocycles. The normalized spacial score (nSPS) is 10.5. The fourth-order valence-corrected chi connectivity index (χ4v) is 3.43. The van der Waals surface area contributed by atoms with Crippen LogP contribution in [0.2, 0.25) is 0 Å². The lowest BCUT2D eigenvalue weighted by atomic mass is 10.1. The number of carboxylic acids is 4. The van der Waals surface area contributed by atoms with Gasteiger partial charge in [0.25, 0.3) is 0 Å². The van der Waals surface area contributed by atoms with Crippen LogP contribution in [-0.4, -0.2) is 83.7 Å². The zero-order valence-electron chi connectivity index (χ0n) is 20.4. The average Bonchev–Trinajstić information content (AvgIpc) is 2.78. The Morgan fingerprint density at radius 3 is 1.18 bits per heavy atom. The van der Waals surface area contributed by atoms with E-state index in [1.165, 1.54) is 26.0 Å². The summed E-state index contributed by atoms with van der Waals surface area (Å²) in [7, 11) is 0. The lowest BCUT2D eigenvalue weighted by Crippen LogP contribution is -2.35. The van der Waals surface area contributed by atoms with Gasteiger partial charge in [0.05, 0.1) is 11.4 Å². The van der Waals surface area contributed by atoms with Gasteiger partial charge in [0.2, 0.25) is 0 Å². The Bertz CT molecular complexity index is 1100. The third-order valence-corrected chi connectivity index (χ3v) is 5.06. The molecular formula is C24H26F2N2O10. The highest BCUT2D eigenvalue weighted by atomic mass is 19.1. The maximum Gasteiger partial charge on any atom is 0.323 e. The van der Waals surface area contributed by atoms with E-state index < -0.39 is 61.7 Å². The molecular weight excluding hydrogens is 514 g/mol. The Labute approximate surface area is 215 Å². The van der Waals surface area contributed by atoms with Crippen molar-refractivity contribution in [2.75, 3.05) is 49.2 Å². The number of ether oxygens (including phenoxy) is 2. The quantitative estimate of drug-likeness (QED) is 0.242. The second-order valence-electron chi connectivity index (χ2n) is 8.12. The van der Waals surface area contributed by atoms with Gasteiger partial charge >= 0.3 is 23.9 Å². The molecule has 14 heteroatoms. The van der Waals surface area contributed by atoms with Crippen LogP contribution in [0.5, 0.6) is 11.5 Å². The van der Waals surface area contributed by atoms with Gasteiger partial charge in [0.1, 0.15) is 62.5 Å². The number of halogens is 2. The number of aliphatic carboxylic acids is 4. The predicted octanol–water partition coefficient (Wildman–Crippen LogP) is 1.99. The summed E-state index contributed by atoms with van der Waals surface area (Å²) in [5.74, 6) is -7.06. The summed E-state index contributed by atoms with van der Waals surface area (Å²) in [6.45, 7) is -0.652. The first-order valence-corrected chi connectivity index (χ1v) is 11.0. The number of rotatable bonds is 15. The maximum atomic E-state index is 14.2. The van der Waals surface area contributed by atoms with Crippen LogP contribution in [0.25, 0.3) is 0 Å². The van der Waals surface area contributed by atoms with Gasteiger partial charge < -0.3 is 39.7 Å². The van der Waals surface area contributed by atoms with Crippen LogP contribution in [0.15, 0.2) is 24.3 Å². The average molecular weight is 540 g/mol. The van der Waals surface area contributed by atoms with Crippen molar-refractivity contribution in [2.24, 2.45) is 0 Å². The number of aryl methyl sites for hydroxylation is 2. The molecule has 0 fully saturated rings. The molecule has 0 aromatic heterocycles. The Hall–Kier alpha value is -4.62. The largest absolute Gasteiger partial charge is 0.488 e. The molecule has 38 heavy (non-hydrogen) atoms. The van der Waals surface area contributed by atoms with Crippen LogP contribution in [0.1, 0.15) is 11.1 Å². The first-order chi connectivity index (χ1) is 17.8. The molecule has 0 amide bonds.